The highest BCUT2D eigenvalue weighted by Crippen LogP contribution is 2.44. The number of rotatable bonds is 5. The van der Waals surface area contributed by atoms with Crippen LogP contribution in [0.5, 0.6) is 11.5 Å². The minimum atomic E-state index is -0.546. The van der Waals surface area contributed by atoms with E-state index in [9.17, 15) is 30.2 Å². The Labute approximate surface area is 189 Å². The van der Waals surface area contributed by atoms with Gasteiger partial charge in [-0.05, 0) is 19.5 Å². The lowest BCUT2D eigenvalue weighted by atomic mass is 9.89. The zero-order chi connectivity index (χ0) is 22.3. The maximum Gasteiger partial charge on any atom is 0.270 e. The second-order valence-corrected chi connectivity index (χ2v) is 7.59. The summed E-state index contributed by atoms with van der Waals surface area (Å²) in [4.78, 5) is 25.5. The number of hydrogen-bond donors (Lipinski definition) is 3. The number of benzene rings is 2. The predicted octanol–water partition coefficient (Wildman–Crippen LogP) is 3.37. The van der Waals surface area contributed by atoms with Gasteiger partial charge in [-0.1, -0.05) is 19.1 Å². The van der Waals surface area contributed by atoms with Crippen molar-refractivity contribution < 1.29 is 24.7 Å². The van der Waals surface area contributed by atoms with E-state index >= 15 is 0 Å². The average Bonchev–Trinajstić information content (AvgIpc) is 3.15. The standard InChI is InChI=1S/C22H22N2O7.ClH/c1-2-23-7-6-14(15(23)11-25)20-16(26)9-17(27)21-18(28)10-19(31-22(20)21)12-4-3-5-13(8-12)24(29)30;/h3-5,8-10,14-15,25-27H,2,6-7,11H2,1H3;1H/t14-,15+;/m1./s1. The van der Waals surface area contributed by atoms with Crippen molar-refractivity contribution >= 4 is 29.1 Å². The van der Waals surface area contributed by atoms with Gasteiger partial charge in [0.05, 0.1) is 11.5 Å². The van der Waals surface area contributed by atoms with Crippen molar-refractivity contribution in [2.45, 2.75) is 25.3 Å². The minimum absolute atomic E-state index is 0. The summed E-state index contributed by atoms with van der Waals surface area (Å²) >= 11 is 0. The normalized spacial score (nSPS) is 18.6. The fourth-order valence-electron chi connectivity index (χ4n) is 4.48. The Bertz CT molecular complexity index is 1230. The smallest absolute Gasteiger partial charge is 0.270 e. The third-order valence-electron chi connectivity index (χ3n) is 5.96. The molecule has 9 nitrogen and oxygen atoms in total. The van der Waals surface area contributed by atoms with Gasteiger partial charge in [-0.15, -0.1) is 12.4 Å². The quantitative estimate of drug-likeness (QED) is 0.387. The molecule has 0 aliphatic carbocycles. The summed E-state index contributed by atoms with van der Waals surface area (Å²) in [6.07, 6.45) is 0.622. The molecule has 0 amide bonds. The molecule has 4 rings (SSSR count). The molecule has 170 valence electrons. The molecule has 1 aliphatic rings. The fraction of sp³-hybridized carbons (Fsp3) is 0.318. The van der Waals surface area contributed by atoms with Crippen LogP contribution >= 0.6 is 12.4 Å². The second kappa shape index (κ2) is 9.15. The van der Waals surface area contributed by atoms with E-state index < -0.39 is 16.1 Å². The van der Waals surface area contributed by atoms with Gasteiger partial charge in [0, 0.05) is 47.4 Å². The predicted molar refractivity (Wildman–Crippen MR) is 121 cm³/mol. The van der Waals surface area contributed by atoms with Crippen LogP contribution in [-0.2, 0) is 0 Å². The SMILES string of the molecule is CCN1CC[C@@H](c2c(O)cc(O)c3c(=O)cc(-c4cccc([N+](=O)[O-])c4)oc23)[C@@H]1CO.Cl. The van der Waals surface area contributed by atoms with Crippen LogP contribution in [0.25, 0.3) is 22.3 Å². The number of halogens is 1. The van der Waals surface area contributed by atoms with Gasteiger partial charge in [0.2, 0.25) is 0 Å². The van der Waals surface area contributed by atoms with Gasteiger partial charge >= 0.3 is 0 Å². The Kier molecular flexibility index (Phi) is 6.73. The molecule has 1 aliphatic heterocycles. The molecule has 1 aromatic heterocycles. The maximum absolute atomic E-state index is 12.9. The Morgan fingerprint density at radius 3 is 2.62 bits per heavy atom. The molecule has 3 aromatic rings. The molecule has 3 N–H and O–H groups in total. The Balaban J connectivity index is 0.00000289. The van der Waals surface area contributed by atoms with E-state index in [2.05, 4.69) is 4.90 Å². The van der Waals surface area contributed by atoms with Crippen LogP contribution in [0.1, 0.15) is 24.8 Å². The first-order valence-electron chi connectivity index (χ1n) is 9.98. The van der Waals surface area contributed by atoms with Gasteiger partial charge < -0.3 is 19.7 Å². The monoisotopic (exact) mass is 462 g/mol. The number of hydrogen-bond acceptors (Lipinski definition) is 8. The topological polar surface area (TPSA) is 137 Å². The number of non-ortho nitro benzene ring substituents is 1. The van der Waals surface area contributed by atoms with E-state index in [1.807, 2.05) is 6.92 Å². The molecule has 2 heterocycles. The highest BCUT2D eigenvalue weighted by Gasteiger charge is 2.37. The van der Waals surface area contributed by atoms with Gasteiger partial charge in [0.1, 0.15) is 28.2 Å². The van der Waals surface area contributed by atoms with Crippen molar-refractivity contribution in [3.05, 3.63) is 62.3 Å². The van der Waals surface area contributed by atoms with Crippen LogP contribution in [0.4, 0.5) is 5.69 Å². The molecule has 32 heavy (non-hydrogen) atoms. The van der Waals surface area contributed by atoms with E-state index in [-0.39, 0.29) is 59.1 Å². The molecule has 0 spiro atoms. The number of likely N-dealkylation sites (tertiary alicyclic amines) is 1. The molecule has 1 saturated heterocycles. The molecule has 0 unspecified atom stereocenters. The molecule has 0 bridgehead atoms. The molecule has 0 radical (unpaired) electrons. The molecular formula is C22H23ClN2O7. The summed E-state index contributed by atoms with van der Waals surface area (Å²) < 4.78 is 5.99. The summed E-state index contributed by atoms with van der Waals surface area (Å²) in [5.74, 6) is -0.887. The number of phenolic OH excluding ortho intramolecular Hbond substituents is 2. The Hall–Kier alpha value is -3.14. The molecule has 2 aromatic carbocycles. The number of phenols is 2. The Morgan fingerprint density at radius 2 is 1.97 bits per heavy atom. The number of nitro benzene ring substituents is 1. The van der Waals surface area contributed by atoms with E-state index in [0.29, 0.717) is 30.6 Å². The van der Waals surface area contributed by atoms with E-state index in [1.165, 1.54) is 24.3 Å². The summed E-state index contributed by atoms with van der Waals surface area (Å²) in [7, 11) is 0. The number of aromatic hydroxyl groups is 2. The zero-order valence-corrected chi connectivity index (χ0v) is 18.0. The zero-order valence-electron chi connectivity index (χ0n) is 17.2. The van der Waals surface area contributed by atoms with Crippen LogP contribution in [0.2, 0.25) is 0 Å². The molecule has 10 heteroatoms. The molecule has 2 atom stereocenters. The lowest BCUT2D eigenvalue weighted by molar-refractivity contribution is -0.384. The van der Waals surface area contributed by atoms with Crippen LogP contribution < -0.4 is 5.43 Å². The number of fused-ring (bicyclic) bond motifs is 1. The fourth-order valence-corrected chi connectivity index (χ4v) is 4.48. The maximum atomic E-state index is 12.9. The van der Waals surface area contributed by atoms with Gasteiger partial charge in [0.15, 0.2) is 5.43 Å². The van der Waals surface area contributed by atoms with Gasteiger partial charge in [-0.2, -0.15) is 0 Å². The molecular weight excluding hydrogens is 440 g/mol. The van der Waals surface area contributed by atoms with Crippen LogP contribution in [0, 0.1) is 10.1 Å². The summed E-state index contributed by atoms with van der Waals surface area (Å²) in [5.41, 5.74) is -0.0104. The summed E-state index contributed by atoms with van der Waals surface area (Å²) in [5, 5.41) is 42.0. The van der Waals surface area contributed by atoms with Crippen LogP contribution in [0.3, 0.4) is 0 Å². The third-order valence-corrected chi connectivity index (χ3v) is 5.96. The van der Waals surface area contributed by atoms with Crippen molar-refractivity contribution in [1.82, 2.24) is 4.90 Å². The first-order chi connectivity index (χ1) is 14.8. The third kappa shape index (κ3) is 3.90. The number of aliphatic hydroxyl groups is 1. The number of aliphatic hydroxyl groups excluding tert-OH is 1. The van der Waals surface area contributed by atoms with Crippen LogP contribution in [0.15, 0.2) is 45.6 Å². The van der Waals surface area contributed by atoms with Gasteiger partial charge in [-0.3, -0.25) is 19.8 Å². The largest absolute Gasteiger partial charge is 0.507 e. The van der Waals surface area contributed by atoms with E-state index in [0.717, 1.165) is 6.07 Å². The number of likely N-dealkylation sites (N-methyl/N-ethyl adjacent to an activating group) is 1. The van der Waals surface area contributed by atoms with Crippen molar-refractivity contribution in [2.75, 3.05) is 19.7 Å². The van der Waals surface area contributed by atoms with Crippen molar-refractivity contribution in [3.8, 4) is 22.8 Å². The highest BCUT2D eigenvalue weighted by atomic mass is 35.5. The van der Waals surface area contributed by atoms with Crippen LogP contribution in [-0.4, -0.2) is 50.9 Å². The van der Waals surface area contributed by atoms with E-state index in [1.54, 1.807) is 6.07 Å². The summed E-state index contributed by atoms with van der Waals surface area (Å²) in [6, 6.07) is 7.67. The minimum Gasteiger partial charge on any atom is -0.507 e. The summed E-state index contributed by atoms with van der Waals surface area (Å²) in [6.45, 7) is 3.24. The first kappa shape index (κ1) is 23.5. The molecule has 0 saturated carbocycles. The van der Waals surface area contributed by atoms with Gasteiger partial charge in [0.25, 0.3) is 5.69 Å². The van der Waals surface area contributed by atoms with Crippen molar-refractivity contribution in [2.24, 2.45) is 0 Å². The lowest BCUT2D eigenvalue weighted by Gasteiger charge is -2.26. The average molecular weight is 463 g/mol. The highest BCUT2D eigenvalue weighted by molar-refractivity contribution is 5.90. The second-order valence-electron chi connectivity index (χ2n) is 7.59. The van der Waals surface area contributed by atoms with E-state index in [4.69, 9.17) is 4.42 Å². The van der Waals surface area contributed by atoms with Gasteiger partial charge in [-0.25, -0.2) is 0 Å². The lowest BCUT2D eigenvalue weighted by Crippen LogP contribution is -2.35. The van der Waals surface area contributed by atoms with Crippen molar-refractivity contribution in [3.63, 3.8) is 0 Å². The molecule has 1 fully saturated rings. The number of nitro groups is 1. The number of nitrogens with zero attached hydrogens (tertiary/aromatic N) is 2. The first-order valence-corrected chi connectivity index (χ1v) is 9.98. The Morgan fingerprint density at radius 1 is 1.22 bits per heavy atom. The van der Waals surface area contributed by atoms with Crippen molar-refractivity contribution in [1.29, 1.82) is 0 Å².